The summed E-state index contributed by atoms with van der Waals surface area (Å²) < 4.78 is 5.28. The standard InChI is InChI=1S/C26H26N4O/c1-16-12-17(2)27-22(16)14-25-24(28-19-8-10-20(31-3)11-9-19)15-26(30-25)23-13-18-6-4-5-7-21(18)29-23/h4-16,22,27-28,30H,1-3H3/b25-14-,26-23?. The molecule has 0 fully saturated rings. The Morgan fingerprint density at radius 1 is 1.10 bits per heavy atom. The van der Waals surface area contributed by atoms with E-state index in [0.717, 1.165) is 44.1 Å². The lowest BCUT2D eigenvalue weighted by atomic mass is 10.0. The molecule has 2 aromatic carbocycles. The van der Waals surface area contributed by atoms with E-state index in [1.807, 2.05) is 42.5 Å². The predicted molar refractivity (Wildman–Crippen MR) is 126 cm³/mol. The highest BCUT2D eigenvalue weighted by molar-refractivity contribution is 5.77. The van der Waals surface area contributed by atoms with Crippen LogP contribution in [0.4, 0.5) is 11.4 Å². The largest absolute Gasteiger partial charge is 0.497 e. The number of hydrogen-bond acceptors (Lipinski definition) is 4. The molecule has 3 heterocycles. The fraction of sp³-hybridized carbons (Fsp3) is 0.192. The average molecular weight is 411 g/mol. The Morgan fingerprint density at radius 3 is 2.61 bits per heavy atom. The van der Waals surface area contributed by atoms with Crippen molar-refractivity contribution in [1.29, 1.82) is 0 Å². The van der Waals surface area contributed by atoms with Crippen LogP contribution < -0.4 is 36.6 Å². The minimum Gasteiger partial charge on any atom is -0.497 e. The number of aromatic nitrogens is 1. The number of aromatic amines is 1. The van der Waals surface area contributed by atoms with E-state index in [2.05, 4.69) is 59.8 Å². The molecule has 0 saturated heterocycles. The summed E-state index contributed by atoms with van der Waals surface area (Å²) in [5.41, 5.74) is 4.18. The number of H-pyrrole nitrogens is 1. The second kappa shape index (κ2) is 7.84. The summed E-state index contributed by atoms with van der Waals surface area (Å²) in [5, 5.41) is 11.3. The van der Waals surface area contributed by atoms with Crippen LogP contribution >= 0.6 is 0 Å². The van der Waals surface area contributed by atoms with Gasteiger partial charge in [-0.15, -0.1) is 0 Å². The van der Waals surface area contributed by atoms with Crippen molar-refractivity contribution < 1.29 is 4.74 Å². The third-order valence-corrected chi connectivity index (χ3v) is 5.78. The monoisotopic (exact) mass is 410 g/mol. The van der Waals surface area contributed by atoms with Crippen LogP contribution in [0.3, 0.4) is 0 Å². The van der Waals surface area contributed by atoms with Crippen LogP contribution in [-0.2, 0) is 0 Å². The maximum absolute atomic E-state index is 5.28. The maximum Gasteiger partial charge on any atom is 0.119 e. The average Bonchev–Trinajstić information content (AvgIpc) is 3.46. The Balaban J connectivity index is 1.60. The van der Waals surface area contributed by atoms with Crippen molar-refractivity contribution in [3.63, 3.8) is 0 Å². The summed E-state index contributed by atoms with van der Waals surface area (Å²) in [6.07, 6.45) is 6.66. The van der Waals surface area contributed by atoms with Gasteiger partial charge in [0, 0.05) is 16.6 Å². The minimum absolute atomic E-state index is 0.245. The first kappa shape index (κ1) is 19.2. The van der Waals surface area contributed by atoms with Crippen LogP contribution in [0.1, 0.15) is 13.8 Å². The molecule has 0 amide bonds. The second-order valence-electron chi connectivity index (χ2n) is 8.11. The number of hydrogen-bond donors (Lipinski definition) is 3. The molecular weight excluding hydrogens is 384 g/mol. The molecule has 0 bridgehead atoms. The molecule has 3 aromatic rings. The van der Waals surface area contributed by atoms with Crippen molar-refractivity contribution in [3.8, 4) is 5.75 Å². The summed E-state index contributed by atoms with van der Waals surface area (Å²) in [6, 6.07) is 18.5. The Hall–Kier alpha value is -3.73. The Bertz CT molecular complexity index is 1360. The van der Waals surface area contributed by atoms with Gasteiger partial charge in [-0.3, -0.25) is 0 Å². The second-order valence-corrected chi connectivity index (χ2v) is 8.11. The van der Waals surface area contributed by atoms with Crippen LogP contribution in [-0.4, -0.2) is 18.1 Å². The van der Waals surface area contributed by atoms with Crippen molar-refractivity contribution in [3.05, 3.63) is 87.6 Å². The number of methoxy groups -OCH3 is 1. The van der Waals surface area contributed by atoms with Crippen LogP contribution in [0.15, 0.2) is 71.4 Å². The molecule has 2 atom stereocenters. The maximum atomic E-state index is 5.28. The Morgan fingerprint density at radius 2 is 1.90 bits per heavy atom. The molecule has 31 heavy (non-hydrogen) atoms. The van der Waals surface area contributed by atoms with Gasteiger partial charge in [0.05, 0.1) is 40.6 Å². The molecule has 0 saturated carbocycles. The number of fused-ring (bicyclic) bond motifs is 1. The first-order valence-electron chi connectivity index (χ1n) is 10.6. The van der Waals surface area contributed by atoms with E-state index in [9.17, 15) is 0 Å². The highest BCUT2D eigenvalue weighted by Crippen LogP contribution is 2.19. The van der Waals surface area contributed by atoms with E-state index in [1.165, 1.54) is 5.70 Å². The number of anilines is 2. The summed E-state index contributed by atoms with van der Waals surface area (Å²) in [5.74, 6) is 1.27. The lowest BCUT2D eigenvalue weighted by Crippen LogP contribution is -2.28. The number of nitrogens with one attached hydrogen (secondary N) is 3. The first-order chi connectivity index (χ1) is 15.1. The molecule has 5 rings (SSSR count). The molecule has 0 radical (unpaired) electrons. The van der Waals surface area contributed by atoms with Gasteiger partial charge in [0.15, 0.2) is 0 Å². The highest BCUT2D eigenvalue weighted by atomic mass is 16.5. The zero-order valence-electron chi connectivity index (χ0n) is 17.9. The zero-order valence-corrected chi connectivity index (χ0v) is 17.9. The van der Waals surface area contributed by atoms with Gasteiger partial charge in [-0.2, -0.15) is 0 Å². The van der Waals surface area contributed by atoms with Crippen molar-refractivity contribution in [2.45, 2.75) is 19.9 Å². The number of benzene rings is 2. The minimum atomic E-state index is 0.245. The van der Waals surface area contributed by atoms with Gasteiger partial charge < -0.3 is 20.4 Å². The van der Waals surface area contributed by atoms with Gasteiger partial charge in [0.25, 0.3) is 0 Å². The van der Waals surface area contributed by atoms with Gasteiger partial charge in [0.2, 0.25) is 0 Å². The third-order valence-electron chi connectivity index (χ3n) is 5.78. The van der Waals surface area contributed by atoms with E-state index < -0.39 is 0 Å². The van der Waals surface area contributed by atoms with Crippen LogP contribution in [0, 0.1) is 5.92 Å². The summed E-state index contributed by atoms with van der Waals surface area (Å²) in [4.78, 5) is 8.41. The quantitative estimate of drug-likeness (QED) is 0.619. The van der Waals surface area contributed by atoms with E-state index in [1.54, 1.807) is 7.11 Å². The highest BCUT2D eigenvalue weighted by Gasteiger charge is 2.19. The van der Waals surface area contributed by atoms with Crippen molar-refractivity contribution in [1.82, 2.24) is 10.3 Å². The predicted octanol–water partition coefficient (Wildman–Crippen LogP) is 2.28. The first-order valence-corrected chi connectivity index (χ1v) is 10.6. The third kappa shape index (κ3) is 3.87. The van der Waals surface area contributed by atoms with Crippen molar-refractivity contribution in [2.75, 3.05) is 12.4 Å². The lowest BCUT2D eigenvalue weighted by Gasteiger charge is -2.12. The summed E-state index contributed by atoms with van der Waals surface area (Å²) >= 11 is 0. The summed E-state index contributed by atoms with van der Waals surface area (Å²) in [7, 11) is 1.68. The van der Waals surface area contributed by atoms with Gasteiger partial charge in [-0.25, -0.2) is 4.99 Å². The van der Waals surface area contributed by atoms with Crippen LogP contribution in [0.25, 0.3) is 17.8 Å². The molecule has 2 unspecified atom stereocenters. The Labute approximate surface area is 181 Å². The van der Waals surface area contributed by atoms with E-state index in [0.29, 0.717) is 5.92 Å². The number of rotatable bonds is 4. The zero-order chi connectivity index (χ0) is 21.4. The lowest BCUT2D eigenvalue weighted by molar-refractivity contribution is 0.415. The molecule has 156 valence electrons. The van der Waals surface area contributed by atoms with Gasteiger partial charge in [-0.05, 0) is 61.4 Å². The molecule has 3 N–H and O–H groups in total. The molecule has 2 aliphatic rings. The molecule has 5 nitrogen and oxygen atoms in total. The number of ether oxygens (including phenoxy) is 1. The topological polar surface area (TPSA) is 61.4 Å². The fourth-order valence-electron chi connectivity index (χ4n) is 4.15. The van der Waals surface area contributed by atoms with Crippen molar-refractivity contribution >= 4 is 29.2 Å². The normalized spacial score (nSPS) is 21.6. The Kier molecular flexibility index (Phi) is 4.86. The van der Waals surface area contributed by atoms with E-state index >= 15 is 0 Å². The molecule has 5 heteroatoms. The number of para-hydroxylation sites is 1. The molecule has 0 aliphatic carbocycles. The fourth-order valence-corrected chi connectivity index (χ4v) is 4.15. The number of allylic oxidation sites excluding steroid dienone is 1. The van der Waals surface area contributed by atoms with E-state index in [4.69, 9.17) is 9.73 Å². The van der Waals surface area contributed by atoms with E-state index in [-0.39, 0.29) is 6.04 Å². The van der Waals surface area contributed by atoms with Gasteiger partial charge >= 0.3 is 0 Å². The van der Waals surface area contributed by atoms with Crippen molar-refractivity contribution in [2.24, 2.45) is 10.9 Å². The molecule has 1 aromatic heterocycles. The van der Waals surface area contributed by atoms with Gasteiger partial charge in [0.1, 0.15) is 5.75 Å². The molecule has 2 aliphatic heterocycles. The molecule has 0 spiro atoms. The SMILES string of the molecule is COc1ccc(Nc2cc(=C3C=c4ccccc4=N3)[nH]/c2=C\C2NC(C)=CC2C)cc1. The smallest absolute Gasteiger partial charge is 0.119 e. The van der Waals surface area contributed by atoms with Crippen LogP contribution in [0.5, 0.6) is 5.75 Å². The van der Waals surface area contributed by atoms with Crippen LogP contribution in [0.2, 0.25) is 0 Å². The number of nitrogens with zero attached hydrogens (tertiary/aromatic N) is 1. The van der Waals surface area contributed by atoms with Gasteiger partial charge in [-0.1, -0.05) is 31.2 Å². The summed E-state index contributed by atoms with van der Waals surface area (Å²) in [6.45, 7) is 4.34. The molecular formula is C26H26N4O.